The quantitative estimate of drug-likeness (QED) is 0.315. The van der Waals surface area contributed by atoms with E-state index in [0.717, 1.165) is 12.8 Å². The molecule has 0 N–H and O–H groups in total. The van der Waals surface area contributed by atoms with Gasteiger partial charge in [0.1, 0.15) is 0 Å². The Balaban J connectivity index is 1.39. The van der Waals surface area contributed by atoms with Crippen LogP contribution in [0.3, 0.4) is 0 Å². The van der Waals surface area contributed by atoms with E-state index < -0.39 is 0 Å². The van der Waals surface area contributed by atoms with E-state index >= 15 is 0 Å². The van der Waals surface area contributed by atoms with Gasteiger partial charge in [-0.1, -0.05) is 126 Å². The second-order valence-corrected chi connectivity index (χ2v) is 10.0. The Kier molecular flexibility index (Phi) is 3.74. The standard InChI is InChI=1S/C33H23B/c1-7-15-30-21(9-1)17-24-19-23(20-25-18-22-10-2-8-16-31(22)34(30)33(24)25)32-28-13-5-3-11-26(28)27-12-4-6-14-29(27)32/h1-16,19-20,32H,17-18H2. The zero-order valence-electron chi connectivity index (χ0n) is 19.0. The Hall–Kier alpha value is -3.84. The molecule has 1 heteroatoms. The van der Waals surface area contributed by atoms with Crippen molar-refractivity contribution in [3.05, 3.63) is 148 Å². The van der Waals surface area contributed by atoms with Crippen LogP contribution in [0.15, 0.2) is 109 Å². The molecule has 0 saturated heterocycles. The summed E-state index contributed by atoms with van der Waals surface area (Å²) >= 11 is 0. The van der Waals surface area contributed by atoms with Gasteiger partial charge in [0.05, 0.1) is 0 Å². The molecule has 34 heavy (non-hydrogen) atoms. The highest BCUT2D eigenvalue weighted by molar-refractivity contribution is 6.97. The van der Waals surface area contributed by atoms with Crippen molar-refractivity contribution >= 4 is 23.1 Å². The Morgan fingerprint density at radius 2 is 0.971 bits per heavy atom. The summed E-state index contributed by atoms with van der Waals surface area (Å²) in [4.78, 5) is 0. The first-order valence-electron chi connectivity index (χ1n) is 12.4. The summed E-state index contributed by atoms with van der Waals surface area (Å²) < 4.78 is 0. The van der Waals surface area contributed by atoms with Crippen LogP contribution < -0.4 is 16.4 Å². The summed E-state index contributed by atoms with van der Waals surface area (Å²) in [5, 5.41) is 0. The fourth-order valence-corrected chi connectivity index (χ4v) is 6.99. The number of benzene rings is 5. The third-order valence-corrected chi connectivity index (χ3v) is 8.32. The molecule has 0 amide bonds. The second-order valence-electron chi connectivity index (χ2n) is 10.0. The van der Waals surface area contributed by atoms with E-state index in [4.69, 9.17) is 0 Å². The summed E-state index contributed by atoms with van der Waals surface area (Å²) in [5.41, 5.74) is 17.7. The van der Waals surface area contributed by atoms with Crippen LogP contribution in [0.2, 0.25) is 0 Å². The summed E-state index contributed by atoms with van der Waals surface area (Å²) in [6.45, 7) is 0.358. The number of rotatable bonds is 1. The average molecular weight is 430 g/mol. The van der Waals surface area contributed by atoms with E-state index in [2.05, 4.69) is 109 Å². The van der Waals surface area contributed by atoms with Gasteiger partial charge in [0.25, 0.3) is 0 Å². The van der Waals surface area contributed by atoms with Gasteiger partial charge in [-0.2, -0.15) is 0 Å². The lowest BCUT2D eigenvalue weighted by Gasteiger charge is -2.35. The maximum Gasteiger partial charge on any atom is 0.242 e. The summed E-state index contributed by atoms with van der Waals surface area (Å²) in [6, 6.07) is 41.3. The van der Waals surface area contributed by atoms with Crippen molar-refractivity contribution in [1.29, 1.82) is 0 Å². The monoisotopic (exact) mass is 430 g/mol. The molecule has 0 unspecified atom stereocenters. The zero-order chi connectivity index (χ0) is 22.2. The molecular weight excluding hydrogens is 407 g/mol. The fourth-order valence-electron chi connectivity index (χ4n) is 6.99. The van der Waals surface area contributed by atoms with Crippen LogP contribution in [-0.2, 0) is 12.8 Å². The molecule has 0 atom stereocenters. The van der Waals surface area contributed by atoms with Gasteiger partial charge in [0.2, 0.25) is 6.71 Å². The van der Waals surface area contributed by atoms with Gasteiger partial charge in [-0.05, 0) is 62.9 Å². The van der Waals surface area contributed by atoms with Crippen LogP contribution in [-0.4, -0.2) is 6.71 Å². The van der Waals surface area contributed by atoms with Crippen molar-refractivity contribution in [2.75, 3.05) is 0 Å². The van der Waals surface area contributed by atoms with Gasteiger partial charge in [0.15, 0.2) is 0 Å². The molecule has 0 bridgehead atoms. The normalized spacial score (nSPS) is 14.6. The molecule has 158 valence electrons. The highest BCUT2D eigenvalue weighted by atomic mass is 14.3. The van der Waals surface area contributed by atoms with Crippen LogP contribution in [0.4, 0.5) is 0 Å². The largest absolute Gasteiger partial charge is 0.242 e. The van der Waals surface area contributed by atoms with Crippen molar-refractivity contribution in [3.8, 4) is 11.1 Å². The molecule has 2 heterocycles. The molecule has 0 aromatic heterocycles. The maximum atomic E-state index is 2.54. The zero-order valence-corrected chi connectivity index (χ0v) is 19.0. The Labute approximate surface area is 201 Å². The SMILES string of the molecule is c1ccc2c(c1)Cc1cc(C3c4ccccc4-c4ccccc43)cc3c1B2c1ccccc1C3. The van der Waals surface area contributed by atoms with Crippen molar-refractivity contribution in [1.82, 2.24) is 0 Å². The lowest BCUT2D eigenvalue weighted by molar-refractivity contribution is 0.995. The molecule has 8 rings (SSSR count). The van der Waals surface area contributed by atoms with E-state index in [0.29, 0.717) is 12.6 Å². The number of fused-ring (bicyclic) bond motifs is 7. The van der Waals surface area contributed by atoms with Crippen LogP contribution in [0.25, 0.3) is 11.1 Å². The third-order valence-electron chi connectivity index (χ3n) is 8.32. The van der Waals surface area contributed by atoms with Crippen molar-refractivity contribution in [2.24, 2.45) is 0 Å². The minimum atomic E-state index is 0.307. The predicted octanol–water partition coefficient (Wildman–Crippen LogP) is 5.17. The summed E-state index contributed by atoms with van der Waals surface area (Å²) in [5.74, 6) is 0.307. The van der Waals surface area contributed by atoms with E-state index in [1.807, 2.05) is 0 Å². The molecule has 5 aromatic rings. The Bertz CT molecular complexity index is 1510. The smallest absolute Gasteiger partial charge is 0.0667 e. The number of hydrogen-bond acceptors (Lipinski definition) is 0. The van der Waals surface area contributed by atoms with Crippen LogP contribution in [0.5, 0.6) is 0 Å². The summed E-state index contributed by atoms with van der Waals surface area (Å²) in [7, 11) is 0. The molecule has 0 spiro atoms. The minimum Gasteiger partial charge on any atom is -0.0667 e. The van der Waals surface area contributed by atoms with Crippen molar-refractivity contribution < 1.29 is 0 Å². The molecule has 0 radical (unpaired) electrons. The van der Waals surface area contributed by atoms with Gasteiger partial charge in [0, 0.05) is 5.92 Å². The maximum absolute atomic E-state index is 2.54. The third kappa shape index (κ3) is 2.45. The van der Waals surface area contributed by atoms with E-state index in [1.54, 1.807) is 5.46 Å². The fraction of sp³-hybridized carbons (Fsp3) is 0.0909. The molecular formula is C33H23B. The Morgan fingerprint density at radius 1 is 0.500 bits per heavy atom. The van der Waals surface area contributed by atoms with E-state index in [-0.39, 0.29) is 0 Å². The van der Waals surface area contributed by atoms with Crippen LogP contribution >= 0.6 is 0 Å². The minimum absolute atomic E-state index is 0.307. The lowest BCUT2D eigenvalue weighted by Crippen LogP contribution is -2.61. The van der Waals surface area contributed by atoms with Gasteiger partial charge >= 0.3 is 0 Å². The topological polar surface area (TPSA) is 0 Å². The van der Waals surface area contributed by atoms with Gasteiger partial charge in [-0.25, -0.2) is 0 Å². The lowest BCUT2D eigenvalue weighted by atomic mass is 9.30. The Morgan fingerprint density at radius 3 is 1.53 bits per heavy atom. The predicted molar refractivity (Wildman–Crippen MR) is 142 cm³/mol. The number of hydrogen-bond donors (Lipinski definition) is 0. The molecule has 5 aromatic carbocycles. The molecule has 0 nitrogen and oxygen atoms in total. The van der Waals surface area contributed by atoms with Gasteiger partial charge in [-0.3, -0.25) is 0 Å². The summed E-state index contributed by atoms with van der Waals surface area (Å²) in [6.07, 6.45) is 2.06. The molecule has 2 aliphatic heterocycles. The average Bonchev–Trinajstić information content (AvgIpc) is 3.23. The van der Waals surface area contributed by atoms with Gasteiger partial charge in [-0.15, -0.1) is 0 Å². The van der Waals surface area contributed by atoms with E-state index in [9.17, 15) is 0 Å². The van der Waals surface area contributed by atoms with Crippen molar-refractivity contribution in [3.63, 3.8) is 0 Å². The van der Waals surface area contributed by atoms with E-state index in [1.165, 1.54) is 61.0 Å². The van der Waals surface area contributed by atoms with Crippen LogP contribution in [0, 0.1) is 0 Å². The van der Waals surface area contributed by atoms with Crippen LogP contribution in [0.1, 0.15) is 44.9 Å². The first-order chi connectivity index (χ1) is 16.9. The first kappa shape index (κ1) is 18.6. The molecule has 0 saturated carbocycles. The molecule has 3 aliphatic rings. The molecule has 0 fully saturated rings. The highest BCUT2D eigenvalue weighted by Crippen LogP contribution is 2.48. The van der Waals surface area contributed by atoms with Crippen molar-refractivity contribution in [2.45, 2.75) is 18.8 Å². The van der Waals surface area contributed by atoms with Gasteiger partial charge < -0.3 is 0 Å². The second kappa shape index (κ2) is 6.84. The first-order valence-corrected chi connectivity index (χ1v) is 12.4. The highest BCUT2D eigenvalue weighted by Gasteiger charge is 2.38. The molecule has 1 aliphatic carbocycles.